The number of benzene rings is 1. The smallest absolute Gasteiger partial charge is 0.183 e. The van der Waals surface area contributed by atoms with E-state index in [-0.39, 0.29) is 0 Å². The van der Waals surface area contributed by atoms with E-state index in [4.69, 9.17) is 34.8 Å². The number of hydrogen-bond donors (Lipinski definition) is 0. The molecule has 3 rings (SSSR count). The molecule has 0 atom stereocenters. The molecule has 0 unspecified atom stereocenters. The first kappa shape index (κ1) is 16.2. The van der Waals surface area contributed by atoms with Crippen molar-refractivity contribution in [3.63, 3.8) is 0 Å². The summed E-state index contributed by atoms with van der Waals surface area (Å²) < 4.78 is 1.71. The molecular weight excluding hydrogens is 355 g/mol. The van der Waals surface area contributed by atoms with Crippen molar-refractivity contribution in [3.8, 4) is 11.4 Å². The molecular formula is C16H13Cl3N4. The monoisotopic (exact) mass is 366 g/mol. The van der Waals surface area contributed by atoms with Gasteiger partial charge in [-0.15, -0.1) is 5.10 Å². The maximum absolute atomic E-state index is 6.28. The predicted octanol–water partition coefficient (Wildman–Crippen LogP) is 5.05. The third kappa shape index (κ3) is 3.50. The average Bonchev–Trinajstić information content (AvgIpc) is 2.90. The summed E-state index contributed by atoms with van der Waals surface area (Å²) in [6.07, 6.45) is 6.54. The standard InChI is InChI=1S/C16H13Cl3N4/c1-10-4-2-5-12(17)8-11(10)9-23-16(20-21-22-23)13-6-3-7-14(18)15(13)19/h2-7H,8-9H2,1H3. The topological polar surface area (TPSA) is 43.6 Å². The largest absolute Gasteiger partial charge is 0.221 e. The van der Waals surface area contributed by atoms with Crippen molar-refractivity contribution in [2.24, 2.45) is 0 Å². The predicted molar refractivity (Wildman–Crippen MR) is 93.7 cm³/mol. The Balaban J connectivity index is 1.98. The van der Waals surface area contributed by atoms with Crippen LogP contribution in [0.2, 0.25) is 10.0 Å². The molecule has 0 saturated heterocycles. The first-order chi connectivity index (χ1) is 11.1. The molecule has 1 aliphatic rings. The molecule has 0 radical (unpaired) electrons. The molecule has 1 heterocycles. The molecule has 7 heteroatoms. The third-order valence-corrected chi connectivity index (χ3v) is 4.71. The van der Waals surface area contributed by atoms with Crippen molar-refractivity contribution >= 4 is 34.8 Å². The normalized spacial score (nSPS) is 14.9. The summed E-state index contributed by atoms with van der Waals surface area (Å²) in [6.45, 7) is 2.58. The Kier molecular flexibility index (Phi) is 4.85. The summed E-state index contributed by atoms with van der Waals surface area (Å²) in [5, 5.41) is 13.6. The minimum atomic E-state index is 0.439. The van der Waals surface area contributed by atoms with Gasteiger partial charge >= 0.3 is 0 Å². The van der Waals surface area contributed by atoms with Gasteiger partial charge in [-0.05, 0) is 46.7 Å². The molecule has 118 valence electrons. The summed E-state index contributed by atoms with van der Waals surface area (Å²) in [6, 6.07) is 5.40. The van der Waals surface area contributed by atoms with Gasteiger partial charge in [0.15, 0.2) is 5.82 Å². The lowest BCUT2D eigenvalue weighted by Gasteiger charge is -2.11. The number of nitrogens with zero attached hydrogens (tertiary/aromatic N) is 4. The summed E-state index contributed by atoms with van der Waals surface area (Å²) in [5.74, 6) is 0.575. The molecule has 0 aliphatic heterocycles. The second-order valence-corrected chi connectivity index (χ2v) is 6.47. The van der Waals surface area contributed by atoms with Crippen molar-refractivity contribution in [3.05, 3.63) is 62.7 Å². The Hall–Kier alpha value is -1.62. The molecule has 1 aromatic carbocycles. The molecule has 1 aromatic heterocycles. The van der Waals surface area contributed by atoms with Gasteiger partial charge in [0, 0.05) is 17.0 Å². The van der Waals surface area contributed by atoms with Crippen LogP contribution in [0.4, 0.5) is 0 Å². The number of rotatable bonds is 3. The quantitative estimate of drug-likeness (QED) is 0.762. The summed E-state index contributed by atoms with van der Waals surface area (Å²) >= 11 is 18.6. The highest BCUT2D eigenvalue weighted by Gasteiger charge is 2.16. The van der Waals surface area contributed by atoms with Crippen molar-refractivity contribution in [1.82, 2.24) is 20.2 Å². The number of halogens is 3. The maximum Gasteiger partial charge on any atom is 0.183 e. The highest BCUT2D eigenvalue weighted by atomic mass is 35.5. The highest BCUT2D eigenvalue weighted by Crippen LogP contribution is 2.32. The van der Waals surface area contributed by atoms with Gasteiger partial charge in [0.25, 0.3) is 0 Å². The highest BCUT2D eigenvalue weighted by molar-refractivity contribution is 6.43. The number of tetrazole rings is 1. The summed E-state index contributed by atoms with van der Waals surface area (Å²) in [4.78, 5) is 0. The molecule has 4 nitrogen and oxygen atoms in total. The Morgan fingerprint density at radius 2 is 2.04 bits per heavy atom. The summed E-state index contributed by atoms with van der Waals surface area (Å²) in [5.41, 5.74) is 3.00. The Labute approximate surface area is 149 Å². The first-order valence-corrected chi connectivity index (χ1v) is 8.11. The van der Waals surface area contributed by atoms with E-state index in [9.17, 15) is 0 Å². The van der Waals surface area contributed by atoms with Crippen LogP contribution in [-0.2, 0) is 6.54 Å². The molecule has 0 N–H and O–H groups in total. The Morgan fingerprint density at radius 1 is 1.22 bits per heavy atom. The fraction of sp³-hybridized carbons (Fsp3) is 0.188. The fourth-order valence-corrected chi connectivity index (χ4v) is 2.98. The van der Waals surface area contributed by atoms with Gasteiger partial charge in [0.05, 0.1) is 16.6 Å². The summed E-state index contributed by atoms with van der Waals surface area (Å²) in [7, 11) is 0. The number of hydrogen-bond acceptors (Lipinski definition) is 3. The van der Waals surface area contributed by atoms with Crippen LogP contribution < -0.4 is 0 Å². The van der Waals surface area contributed by atoms with Crippen molar-refractivity contribution in [2.45, 2.75) is 19.9 Å². The molecule has 0 spiro atoms. The van der Waals surface area contributed by atoms with Crippen molar-refractivity contribution in [2.75, 3.05) is 0 Å². The van der Waals surface area contributed by atoms with E-state index in [1.54, 1.807) is 10.7 Å². The second-order valence-electron chi connectivity index (χ2n) is 5.20. The minimum absolute atomic E-state index is 0.439. The first-order valence-electron chi connectivity index (χ1n) is 6.98. The number of allylic oxidation sites excluding steroid dienone is 6. The lowest BCUT2D eigenvalue weighted by Crippen LogP contribution is -2.07. The van der Waals surface area contributed by atoms with Gasteiger partial charge in [0.1, 0.15) is 0 Å². The second kappa shape index (κ2) is 6.87. The molecule has 0 fully saturated rings. The zero-order valence-corrected chi connectivity index (χ0v) is 14.6. The molecule has 23 heavy (non-hydrogen) atoms. The van der Waals surface area contributed by atoms with Gasteiger partial charge in [0.2, 0.25) is 0 Å². The minimum Gasteiger partial charge on any atom is -0.221 e. The van der Waals surface area contributed by atoms with Crippen LogP contribution in [0, 0.1) is 0 Å². The fourth-order valence-electron chi connectivity index (χ4n) is 2.36. The van der Waals surface area contributed by atoms with Gasteiger partial charge < -0.3 is 0 Å². The molecule has 2 aromatic rings. The molecule has 0 saturated carbocycles. The van der Waals surface area contributed by atoms with E-state index in [0.29, 0.717) is 34.4 Å². The van der Waals surface area contributed by atoms with Gasteiger partial charge in [-0.3, -0.25) is 0 Å². The molecule has 0 amide bonds. The van der Waals surface area contributed by atoms with Crippen LogP contribution >= 0.6 is 34.8 Å². The molecule has 1 aliphatic carbocycles. The number of aromatic nitrogens is 4. The van der Waals surface area contributed by atoms with Crippen LogP contribution in [0.5, 0.6) is 0 Å². The van der Waals surface area contributed by atoms with Crippen molar-refractivity contribution < 1.29 is 0 Å². The van der Waals surface area contributed by atoms with Crippen molar-refractivity contribution in [1.29, 1.82) is 0 Å². The molecule has 0 bridgehead atoms. The Bertz CT molecular complexity index is 834. The van der Waals surface area contributed by atoms with E-state index in [1.165, 1.54) is 0 Å². The van der Waals surface area contributed by atoms with E-state index >= 15 is 0 Å². The zero-order chi connectivity index (χ0) is 16.4. The lowest BCUT2D eigenvalue weighted by atomic mass is 10.1. The average molecular weight is 368 g/mol. The van der Waals surface area contributed by atoms with Crippen LogP contribution in [0.1, 0.15) is 13.3 Å². The maximum atomic E-state index is 6.28. The van der Waals surface area contributed by atoms with Crippen LogP contribution in [0.25, 0.3) is 11.4 Å². The van der Waals surface area contributed by atoms with Gasteiger partial charge in [-0.1, -0.05) is 53.0 Å². The van der Waals surface area contributed by atoms with E-state index < -0.39 is 0 Å². The van der Waals surface area contributed by atoms with Crippen LogP contribution in [0.3, 0.4) is 0 Å². The van der Waals surface area contributed by atoms with Gasteiger partial charge in [-0.25, -0.2) is 4.68 Å². The zero-order valence-electron chi connectivity index (χ0n) is 12.3. The van der Waals surface area contributed by atoms with E-state index in [0.717, 1.165) is 16.2 Å². The van der Waals surface area contributed by atoms with Crippen LogP contribution in [0.15, 0.2) is 52.6 Å². The van der Waals surface area contributed by atoms with E-state index in [1.807, 2.05) is 37.3 Å². The SMILES string of the molecule is CC1=C(Cn2nnnc2-c2cccc(Cl)c2Cl)CC(Cl)=CC=C1. The Morgan fingerprint density at radius 3 is 2.87 bits per heavy atom. The lowest BCUT2D eigenvalue weighted by molar-refractivity contribution is 0.636. The van der Waals surface area contributed by atoms with Crippen LogP contribution in [-0.4, -0.2) is 20.2 Å². The van der Waals surface area contributed by atoms with Gasteiger partial charge in [-0.2, -0.15) is 0 Å². The van der Waals surface area contributed by atoms with E-state index in [2.05, 4.69) is 15.5 Å². The third-order valence-electron chi connectivity index (χ3n) is 3.63.